The first kappa shape index (κ1) is 13.0. The van der Waals surface area contributed by atoms with Crippen molar-refractivity contribution in [3.63, 3.8) is 0 Å². The molecule has 4 heteroatoms. The van der Waals surface area contributed by atoms with Gasteiger partial charge in [-0.2, -0.15) is 4.98 Å². The lowest BCUT2D eigenvalue weighted by molar-refractivity contribution is 0.688. The van der Waals surface area contributed by atoms with Gasteiger partial charge in [0.05, 0.1) is 16.7 Å². The Morgan fingerprint density at radius 3 is 2.39 bits per heavy atom. The Balaban J connectivity index is 2.44. The van der Waals surface area contributed by atoms with Crippen LogP contribution in [0.2, 0.25) is 0 Å². The topological polar surface area (TPSA) is 34.9 Å². The highest BCUT2D eigenvalue weighted by molar-refractivity contribution is 9.10. The number of benzene rings is 1. The Morgan fingerprint density at radius 1 is 1.17 bits per heavy atom. The average Bonchev–Trinajstić information content (AvgIpc) is 2.34. The predicted octanol–water partition coefficient (Wildman–Crippen LogP) is 2.98. The van der Waals surface area contributed by atoms with E-state index in [0.717, 1.165) is 21.4 Å². The van der Waals surface area contributed by atoms with Crippen LogP contribution >= 0.6 is 15.9 Å². The van der Waals surface area contributed by atoms with E-state index in [1.165, 1.54) is 5.56 Å². The summed E-state index contributed by atoms with van der Waals surface area (Å²) in [5, 5.41) is 0. The van der Waals surface area contributed by atoms with Gasteiger partial charge >= 0.3 is 5.69 Å². The largest absolute Gasteiger partial charge is 0.348 e. The van der Waals surface area contributed by atoms with Gasteiger partial charge < -0.3 is 0 Å². The third-order valence-corrected chi connectivity index (χ3v) is 4.14. The molecule has 0 aliphatic rings. The van der Waals surface area contributed by atoms with E-state index in [-0.39, 0.29) is 5.69 Å². The summed E-state index contributed by atoms with van der Waals surface area (Å²) < 4.78 is 2.58. The van der Waals surface area contributed by atoms with Gasteiger partial charge in [-0.3, -0.25) is 4.57 Å². The number of aryl methyl sites for hydroxylation is 2. The molecule has 1 aromatic carbocycles. The highest BCUT2D eigenvalue weighted by Crippen LogP contribution is 2.17. The zero-order valence-electron chi connectivity index (χ0n) is 10.7. The van der Waals surface area contributed by atoms with Crippen LogP contribution in [-0.4, -0.2) is 9.55 Å². The zero-order valence-corrected chi connectivity index (χ0v) is 12.3. The maximum Gasteiger partial charge on any atom is 0.348 e. The van der Waals surface area contributed by atoms with Crippen LogP contribution < -0.4 is 5.69 Å². The molecular weight excluding hydrogens is 292 g/mol. The van der Waals surface area contributed by atoms with E-state index < -0.39 is 0 Å². The van der Waals surface area contributed by atoms with Gasteiger partial charge in [0.25, 0.3) is 0 Å². The van der Waals surface area contributed by atoms with E-state index >= 15 is 0 Å². The van der Waals surface area contributed by atoms with E-state index in [0.29, 0.717) is 6.54 Å². The quantitative estimate of drug-likeness (QED) is 0.855. The minimum atomic E-state index is -0.200. The van der Waals surface area contributed by atoms with Crippen LogP contribution in [0, 0.1) is 20.8 Å². The fraction of sp³-hybridized carbons (Fsp3) is 0.286. The van der Waals surface area contributed by atoms with Crippen LogP contribution in [0.3, 0.4) is 0 Å². The van der Waals surface area contributed by atoms with Gasteiger partial charge in [0, 0.05) is 5.69 Å². The molecule has 1 heterocycles. The first-order chi connectivity index (χ1) is 8.49. The Bertz CT molecular complexity index is 629. The third kappa shape index (κ3) is 2.53. The van der Waals surface area contributed by atoms with Crippen molar-refractivity contribution in [2.45, 2.75) is 27.3 Å². The first-order valence-electron chi connectivity index (χ1n) is 5.78. The predicted molar refractivity (Wildman–Crippen MR) is 76.0 cm³/mol. The van der Waals surface area contributed by atoms with Crippen molar-refractivity contribution in [1.29, 1.82) is 0 Å². The lowest BCUT2D eigenvalue weighted by Gasteiger charge is -2.12. The molecule has 0 unspecified atom stereocenters. The van der Waals surface area contributed by atoms with Crippen molar-refractivity contribution in [2.24, 2.45) is 0 Å². The number of nitrogens with zero attached hydrogens (tertiary/aromatic N) is 2. The molecule has 0 saturated heterocycles. The third-order valence-electron chi connectivity index (χ3n) is 3.00. The summed E-state index contributed by atoms with van der Waals surface area (Å²) in [6.07, 6.45) is 0. The van der Waals surface area contributed by atoms with E-state index in [1.807, 2.05) is 45.0 Å². The van der Waals surface area contributed by atoms with E-state index in [1.54, 1.807) is 4.57 Å². The van der Waals surface area contributed by atoms with Crippen molar-refractivity contribution in [2.75, 3.05) is 0 Å². The van der Waals surface area contributed by atoms with Gasteiger partial charge in [0.2, 0.25) is 0 Å². The summed E-state index contributed by atoms with van der Waals surface area (Å²) in [5.41, 5.74) is 3.76. The zero-order chi connectivity index (χ0) is 13.3. The standard InChI is InChI=1S/C14H15BrN2O/c1-9-4-6-12(7-5-9)8-17-11(3)13(15)10(2)16-14(17)18/h4-7H,8H2,1-3H3. The van der Waals surface area contributed by atoms with Crippen molar-refractivity contribution in [3.8, 4) is 0 Å². The fourth-order valence-corrected chi connectivity index (χ4v) is 2.14. The second-order valence-corrected chi connectivity index (χ2v) is 5.24. The van der Waals surface area contributed by atoms with Crippen molar-refractivity contribution < 1.29 is 0 Å². The number of hydrogen-bond donors (Lipinski definition) is 0. The van der Waals surface area contributed by atoms with E-state index in [4.69, 9.17) is 0 Å². The molecule has 2 aromatic rings. The lowest BCUT2D eigenvalue weighted by Crippen LogP contribution is -2.26. The minimum Gasteiger partial charge on any atom is -0.291 e. The van der Waals surface area contributed by atoms with Crippen LogP contribution in [0.5, 0.6) is 0 Å². The molecule has 0 spiro atoms. The molecule has 18 heavy (non-hydrogen) atoms. The number of hydrogen-bond acceptors (Lipinski definition) is 2. The van der Waals surface area contributed by atoms with E-state index in [2.05, 4.69) is 20.9 Å². The maximum atomic E-state index is 11.9. The molecule has 0 saturated carbocycles. The first-order valence-corrected chi connectivity index (χ1v) is 6.57. The molecule has 0 N–H and O–H groups in total. The van der Waals surface area contributed by atoms with Crippen LogP contribution in [-0.2, 0) is 6.54 Å². The normalized spacial score (nSPS) is 10.7. The Morgan fingerprint density at radius 2 is 1.78 bits per heavy atom. The molecule has 94 valence electrons. The number of aromatic nitrogens is 2. The molecule has 0 atom stereocenters. The van der Waals surface area contributed by atoms with Crippen LogP contribution in [0.4, 0.5) is 0 Å². The van der Waals surface area contributed by atoms with Crippen LogP contribution in [0.15, 0.2) is 33.5 Å². The molecule has 0 fully saturated rings. The van der Waals surface area contributed by atoms with Crippen LogP contribution in [0.25, 0.3) is 0 Å². The maximum absolute atomic E-state index is 11.9. The van der Waals surface area contributed by atoms with Crippen molar-refractivity contribution >= 4 is 15.9 Å². The summed E-state index contributed by atoms with van der Waals surface area (Å²) >= 11 is 3.47. The summed E-state index contributed by atoms with van der Waals surface area (Å²) in [7, 11) is 0. The van der Waals surface area contributed by atoms with Gasteiger partial charge in [-0.05, 0) is 42.3 Å². The summed E-state index contributed by atoms with van der Waals surface area (Å²) in [5.74, 6) is 0. The van der Waals surface area contributed by atoms with Crippen molar-refractivity contribution in [1.82, 2.24) is 9.55 Å². The van der Waals surface area contributed by atoms with E-state index in [9.17, 15) is 4.79 Å². The highest BCUT2D eigenvalue weighted by Gasteiger charge is 2.09. The average molecular weight is 307 g/mol. The number of halogens is 1. The molecule has 0 aliphatic carbocycles. The molecule has 0 amide bonds. The Kier molecular flexibility index (Phi) is 3.66. The van der Waals surface area contributed by atoms with Gasteiger partial charge in [-0.15, -0.1) is 0 Å². The molecule has 2 rings (SSSR count). The molecule has 0 bridgehead atoms. The highest BCUT2D eigenvalue weighted by atomic mass is 79.9. The summed E-state index contributed by atoms with van der Waals surface area (Å²) in [6.45, 7) is 6.35. The lowest BCUT2D eigenvalue weighted by atomic mass is 10.1. The second kappa shape index (κ2) is 5.06. The SMILES string of the molecule is Cc1ccc(Cn2c(C)c(Br)c(C)nc2=O)cc1. The molecule has 0 aliphatic heterocycles. The Labute approximate surface area is 115 Å². The smallest absolute Gasteiger partial charge is 0.291 e. The van der Waals surface area contributed by atoms with Crippen molar-refractivity contribution in [3.05, 3.63) is 61.7 Å². The monoisotopic (exact) mass is 306 g/mol. The minimum absolute atomic E-state index is 0.200. The fourth-order valence-electron chi connectivity index (χ4n) is 1.84. The summed E-state index contributed by atoms with van der Waals surface area (Å²) in [6, 6.07) is 8.17. The van der Waals surface area contributed by atoms with Crippen LogP contribution in [0.1, 0.15) is 22.5 Å². The van der Waals surface area contributed by atoms with Gasteiger partial charge in [0.1, 0.15) is 0 Å². The molecule has 3 nitrogen and oxygen atoms in total. The summed E-state index contributed by atoms with van der Waals surface area (Å²) in [4.78, 5) is 15.9. The second-order valence-electron chi connectivity index (χ2n) is 4.45. The Hall–Kier alpha value is -1.42. The number of rotatable bonds is 2. The molecular formula is C14H15BrN2O. The molecule has 0 radical (unpaired) electrons. The molecule has 1 aromatic heterocycles. The van der Waals surface area contributed by atoms with Gasteiger partial charge in [0.15, 0.2) is 0 Å². The van der Waals surface area contributed by atoms with Gasteiger partial charge in [-0.25, -0.2) is 4.79 Å². The van der Waals surface area contributed by atoms with Gasteiger partial charge in [-0.1, -0.05) is 29.8 Å².